The normalized spacial score (nSPS) is 17.2. The number of alkyl halides is 3. The lowest BCUT2D eigenvalue weighted by atomic mass is 9.98. The number of hydrogen-bond acceptors (Lipinski definition) is 5. The first-order chi connectivity index (χ1) is 14.4. The summed E-state index contributed by atoms with van der Waals surface area (Å²) in [6.07, 6.45) is -3.73. The molecule has 6 nitrogen and oxygen atoms in total. The Balaban J connectivity index is 1.73. The van der Waals surface area contributed by atoms with E-state index in [9.17, 15) is 18.3 Å². The summed E-state index contributed by atoms with van der Waals surface area (Å²) in [5, 5.41) is 22.0. The molecule has 0 aliphatic carbocycles. The maximum atomic E-state index is 13.3. The van der Waals surface area contributed by atoms with E-state index in [-0.39, 0.29) is 0 Å². The maximum absolute atomic E-state index is 13.3. The molecule has 1 atom stereocenters. The van der Waals surface area contributed by atoms with Crippen molar-refractivity contribution in [3.8, 4) is 0 Å². The zero-order valence-corrected chi connectivity index (χ0v) is 16.2. The highest BCUT2D eigenvalue weighted by Gasteiger charge is 2.34. The number of likely N-dealkylation sites (tertiary alicyclic amines) is 1. The fourth-order valence-corrected chi connectivity index (χ4v) is 3.83. The summed E-state index contributed by atoms with van der Waals surface area (Å²) >= 11 is 0. The predicted molar refractivity (Wildman–Crippen MR) is 103 cm³/mol. The van der Waals surface area contributed by atoms with Gasteiger partial charge in [-0.25, -0.2) is 4.68 Å². The van der Waals surface area contributed by atoms with Gasteiger partial charge in [-0.3, -0.25) is 4.90 Å². The second-order valence-electron chi connectivity index (χ2n) is 7.47. The minimum atomic E-state index is -4.44. The molecule has 0 bridgehead atoms. The van der Waals surface area contributed by atoms with Gasteiger partial charge < -0.3 is 5.11 Å². The highest BCUT2D eigenvalue weighted by Crippen LogP contribution is 2.35. The third-order valence-corrected chi connectivity index (χ3v) is 5.37. The largest absolute Gasteiger partial charge is 0.416 e. The van der Waals surface area contributed by atoms with E-state index in [0.29, 0.717) is 43.9 Å². The number of halogens is 3. The predicted octanol–water partition coefficient (Wildman–Crippen LogP) is 3.29. The zero-order chi connectivity index (χ0) is 21.1. The second kappa shape index (κ2) is 8.53. The molecule has 0 spiro atoms. The summed E-state index contributed by atoms with van der Waals surface area (Å²) in [5.74, 6) is 0.481. The van der Waals surface area contributed by atoms with Crippen molar-refractivity contribution in [2.24, 2.45) is 0 Å². The quantitative estimate of drug-likeness (QED) is 0.690. The second-order valence-corrected chi connectivity index (χ2v) is 7.47. The topological polar surface area (TPSA) is 67.1 Å². The molecular weight excluding hydrogens is 395 g/mol. The molecule has 1 aromatic heterocycles. The SMILES string of the molecule is OC1CCN(C(c2cccc(C(F)(F)F)c2)c2nnnn2Cc2ccccc2)CC1. The number of aromatic nitrogens is 4. The number of aliphatic hydroxyl groups is 1. The molecule has 0 amide bonds. The average molecular weight is 417 g/mol. The van der Waals surface area contributed by atoms with Crippen LogP contribution in [-0.4, -0.2) is 49.4 Å². The third kappa shape index (κ3) is 4.52. The molecule has 158 valence electrons. The van der Waals surface area contributed by atoms with Crippen molar-refractivity contribution in [3.63, 3.8) is 0 Å². The Bertz CT molecular complexity index is 968. The third-order valence-electron chi connectivity index (χ3n) is 5.37. The summed E-state index contributed by atoms with van der Waals surface area (Å²) in [6.45, 7) is 1.50. The standard InChI is InChI=1S/C21H22F3N5O/c22-21(23,24)17-8-4-7-16(13-17)19(28-11-9-18(30)10-12-28)20-25-26-27-29(20)14-15-5-2-1-3-6-15/h1-8,13,18-19,30H,9-12,14H2. The number of nitrogens with zero attached hydrogens (tertiary/aromatic N) is 5. The van der Waals surface area contributed by atoms with Gasteiger partial charge in [0, 0.05) is 13.1 Å². The summed E-state index contributed by atoms with van der Waals surface area (Å²) in [6, 6.07) is 14.4. The van der Waals surface area contributed by atoms with Crippen LogP contribution in [-0.2, 0) is 12.7 Å². The molecule has 2 heterocycles. The van der Waals surface area contributed by atoms with E-state index >= 15 is 0 Å². The van der Waals surface area contributed by atoms with E-state index in [1.165, 1.54) is 6.07 Å². The van der Waals surface area contributed by atoms with Crippen LogP contribution >= 0.6 is 0 Å². The lowest BCUT2D eigenvalue weighted by molar-refractivity contribution is -0.137. The Kier molecular flexibility index (Phi) is 5.83. The maximum Gasteiger partial charge on any atom is 0.416 e. The Labute approximate surface area is 171 Å². The zero-order valence-electron chi connectivity index (χ0n) is 16.2. The van der Waals surface area contributed by atoms with Crippen LogP contribution in [0.15, 0.2) is 54.6 Å². The van der Waals surface area contributed by atoms with Crippen LogP contribution in [0.5, 0.6) is 0 Å². The van der Waals surface area contributed by atoms with E-state index in [0.717, 1.165) is 17.7 Å². The molecule has 4 rings (SSSR count). The van der Waals surface area contributed by atoms with Crippen molar-refractivity contribution in [3.05, 3.63) is 77.1 Å². The molecule has 1 saturated heterocycles. The van der Waals surface area contributed by atoms with Crippen LogP contribution in [0.2, 0.25) is 0 Å². The molecule has 1 aliphatic rings. The molecule has 1 aliphatic heterocycles. The van der Waals surface area contributed by atoms with Gasteiger partial charge in [-0.15, -0.1) is 5.10 Å². The van der Waals surface area contributed by atoms with Crippen LogP contribution in [0.1, 0.15) is 41.4 Å². The average Bonchev–Trinajstić information content (AvgIpc) is 3.18. The van der Waals surface area contributed by atoms with E-state index in [1.807, 2.05) is 35.2 Å². The first-order valence-electron chi connectivity index (χ1n) is 9.81. The van der Waals surface area contributed by atoms with Gasteiger partial charge in [-0.2, -0.15) is 13.2 Å². The molecule has 1 unspecified atom stereocenters. The number of piperidine rings is 1. The van der Waals surface area contributed by atoms with Crippen LogP contribution in [0, 0.1) is 0 Å². The van der Waals surface area contributed by atoms with E-state index in [4.69, 9.17) is 0 Å². The minimum Gasteiger partial charge on any atom is -0.393 e. The van der Waals surface area contributed by atoms with E-state index < -0.39 is 23.9 Å². The number of hydrogen-bond donors (Lipinski definition) is 1. The molecular formula is C21H22F3N5O. The number of aliphatic hydroxyl groups excluding tert-OH is 1. The molecule has 30 heavy (non-hydrogen) atoms. The van der Waals surface area contributed by atoms with Crippen molar-refractivity contribution < 1.29 is 18.3 Å². The number of tetrazole rings is 1. The lowest BCUT2D eigenvalue weighted by Crippen LogP contribution is -2.40. The fourth-order valence-electron chi connectivity index (χ4n) is 3.83. The molecule has 3 aromatic rings. The van der Waals surface area contributed by atoms with Gasteiger partial charge in [-0.1, -0.05) is 42.5 Å². The van der Waals surface area contributed by atoms with Gasteiger partial charge in [0.05, 0.1) is 24.3 Å². The highest BCUT2D eigenvalue weighted by atomic mass is 19.4. The Morgan fingerprint density at radius 3 is 2.47 bits per heavy atom. The molecule has 9 heteroatoms. The first kappa shape index (κ1) is 20.5. The number of benzene rings is 2. The lowest BCUT2D eigenvalue weighted by Gasteiger charge is -2.35. The fraction of sp³-hybridized carbons (Fsp3) is 0.381. The van der Waals surface area contributed by atoms with Gasteiger partial charge in [0.1, 0.15) is 0 Å². The molecule has 0 radical (unpaired) electrons. The summed E-state index contributed by atoms with van der Waals surface area (Å²) in [4.78, 5) is 2.04. The van der Waals surface area contributed by atoms with Crippen molar-refractivity contribution in [2.45, 2.75) is 37.7 Å². The van der Waals surface area contributed by atoms with Crippen molar-refractivity contribution in [1.82, 2.24) is 25.1 Å². The van der Waals surface area contributed by atoms with Crippen LogP contribution in [0.25, 0.3) is 0 Å². The van der Waals surface area contributed by atoms with Gasteiger partial charge in [0.2, 0.25) is 0 Å². The van der Waals surface area contributed by atoms with Gasteiger partial charge >= 0.3 is 6.18 Å². The van der Waals surface area contributed by atoms with Gasteiger partial charge in [0.15, 0.2) is 5.82 Å². The van der Waals surface area contributed by atoms with Crippen LogP contribution < -0.4 is 0 Å². The minimum absolute atomic E-state index is 0.399. The molecule has 1 fully saturated rings. The number of rotatable bonds is 5. The van der Waals surface area contributed by atoms with Crippen LogP contribution in [0.3, 0.4) is 0 Å². The van der Waals surface area contributed by atoms with E-state index in [1.54, 1.807) is 10.7 Å². The summed E-state index contributed by atoms with van der Waals surface area (Å²) in [5.41, 5.74) is 0.761. The first-order valence-corrected chi connectivity index (χ1v) is 9.81. The molecule has 2 aromatic carbocycles. The van der Waals surface area contributed by atoms with Gasteiger partial charge in [0.25, 0.3) is 0 Å². The van der Waals surface area contributed by atoms with Crippen molar-refractivity contribution in [2.75, 3.05) is 13.1 Å². The highest BCUT2D eigenvalue weighted by molar-refractivity contribution is 5.31. The molecule has 1 N–H and O–H groups in total. The van der Waals surface area contributed by atoms with Crippen molar-refractivity contribution >= 4 is 0 Å². The summed E-state index contributed by atoms with van der Waals surface area (Å²) < 4.78 is 41.7. The summed E-state index contributed by atoms with van der Waals surface area (Å²) in [7, 11) is 0. The Morgan fingerprint density at radius 2 is 1.77 bits per heavy atom. The molecule has 0 saturated carbocycles. The Morgan fingerprint density at radius 1 is 1.03 bits per heavy atom. The smallest absolute Gasteiger partial charge is 0.393 e. The Hall–Kier alpha value is -2.78. The van der Waals surface area contributed by atoms with Crippen molar-refractivity contribution in [1.29, 1.82) is 0 Å². The van der Waals surface area contributed by atoms with Crippen LogP contribution in [0.4, 0.5) is 13.2 Å². The van der Waals surface area contributed by atoms with Gasteiger partial charge in [-0.05, 0) is 46.5 Å². The van der Waals surface area contributed by atoms with E-state index in [2.05, 4.69) is 15.5 Å². The monoisotopic (exact) mass is 417 g/mol.